The zero-order chi connectivity index (χ0) is 15.1. The van der Waals surface area contributed by atoms with Crippen molar-refractivity contribution >= 4 is 19.2 Å². The molecule has 0 aromatic heterocycles. The summed E-state index contributed by atoms with van der Waals surface area (Å²) in [5.74, 6) is 0.474. The van der Waals surface area contributed by atoms with Crippen molar-refractivity contribution in [3.63, 3.8) is 0 Å². The van der Waals surface area contributed by atoms with Crippen molar-refractivity contribution in [1.29, 1.82) is 0 Å². The third-order valence-corrected chi connectivity index (χ3v) is 7.34. The third kappa shape index (κ3) is 2.20. The smallest absolute Gasteiger partial charge is 0.129 e. The summed E-state index contributed by atoms with van der Waals surface area (Å²) in [4.78, 5) is 0. The van der Waals surface area contributed by atoms with Gasteiger partial charge in [0.25, 0.3) is 0 Å². The Morgan fingerprint density at radius 1 is 1.09 bits per heavy atom. The number of hydrogen-bond acceptors (Lipinski definition) is 3. The van der Waals surface area contributed by atoms with E-state index in [2.05, 4.69) is 51.8 Å². The second-order valence-electron chi connectivity index (χ2n) is 6.11. The normalized spacial score (nSPS) is 24.7. The third-order valence-electron chi connectivity index (χ3n) is 4.69. The molecule has 0 saturated carbocycles. The van der Waals surface area contributed by atoms with Crippen LogP contribution in [0.2, 0.25) is 0 Å². The van der Waals surface area contributed by atoms with Crippen molar-refractivity contribution in [2.45, 2.75) is 25.8 Å². The van der Waals surface area contributed by atoms with Gasteiger partial charge in [-0.05, 0) is 43.5 Å². The Kier molecular flexibility index (Phi) is 3.56. The first-order valence-corrected chi connectivity index (χ1v) is 9.18. The van der Waals surface area contributed by atoms with Crippen LogP contribution >= 0.6 is 8.22 Å². The van der Waals surface area contributed by atoms with Gasteiger partial charge >= 0.3 is 0 Å². The number of nitrogens with zero attached hydrogens (tertiary/aromatic N) is 2. The second-order valence-corrected chi connectivity index (χ2v) is 8.17. The average Bonchev–Trinajstić information content (AvgIpc) is 3.12. The number of rotatable bonds is 2. The molecule has 0 radical (unpaired) electrons. The van der Waals surface area contributed by atoms with Crippen molar-refractivity contribution in [1.82, 2.24) is 4.67 Å². The molecule has 4 rings (SSSR count). The van der Waals surface area contributed by atoms with Crippen LogP contribution in [0, 0.1) is 6.92 Å². The summed E-state index contributed by atoms with van der Waals surface area (Å²) in [5.41, 5.74) is 2.24. The van der Waals surface area contributed by atoms with Crippen LogP contribution in [0.5, 0.6) is 5.75 Å². The highest BCUT2D eigenvalue weighted by atomic mass is 31.1. The largest absolute Gasteiger partial charge is 0.507 e. The Bertz CT molecular complexity index is 676. The molecule has 2 atom stereocenters. The Morgan fingerprint density at radius 3 is 2.73 bits per heavy atom. The van der Waals surface area contributed by atoms with Crippen LogP contribution in [0.25, 0.3) is 0 Å². The fourth-order valence-corrected chi connectivity index (χ4v) is 6.48. The van der Waals surface area contributed by atoms with Crippen LogP contribution < -0.4 is 9.97 Å². The molecule has 0 bridgehead atoms. The van der Waals surface area contributed by atoms with Crippen molar-refractivity contribution in [3.05, 3.63) is 54.1 Å². The lowest BCUT2D eigenvalue weighted by Crippen LogP contribution is -2.23. The monoisotopic (exact) mass is 312 g/mol. The van der Waals surface area contributed by atoms with Crippen molar-refractivity contribution < 1.29 is 5.11 Å². The Hall–Kier alpha value is -1.57. The molecule has 2 aliphatic rings. The second kappa shape index (κ2) is 5.57. The van der Waals surface area contributed by atoms with E-state index in [0.717, 1.165) is 24.0 Å². The predicted molar refractivity (Wildman–Crippen MR) is 92.9 cm³/mol. The van der Waals surface area contributed by atoms with E-state index in [1.54, 1.807) is 0 Å². The summed E-state index contributed by atoms with van der Waals surface area (Å²) in [6.45, 7) is 4.20. The first-order chi connectivity index (χ1) is 10.8. The molecule has 1 unspecified atom stereocenters. The lowest BCUT2D eigenvalue weighted by atomic mass is 10.2. The molecule has 0 aliphatic carbocycles. The van der Waals surface area contributed by atoms with Crippen molar-refractivity contribution in [2.24, 2.45) is 0 Å². The predicted octanol–water partition coefficient (Wildman–Crippen LogP) is 3.62. The molecule has 2 aliphatic heterocycles. The summed E-state index contributed by atoms with van der Waals surface area (Å²) in [5, 5.41) is 11.7. The van der Waals surface area contributed by atoms with Gasteiger partial charge in [0, 0.05) is 24.8 Å². The quantitative estimate of drug-likeness (QED) is 0.858. The minimum absolute atomic E-state index is 0.474. The number of phenolic OH excluding ortho intramolecular Hbond substituents is 1. The minimum Gasteiger partial charge on any atom is -0.507 e. The number of phenols is 1. The van der Waals surface area contributed by atoms with Crippen LogP contribution in [0.3, 0.4) is 0 Å². The maximum absolute atomic E-state index is 10.6. The molecule has 2 fully saturated rings. The Labute approximate surface area is 133 Å². The molecular formula is C18H21N2OP. The SMILES string of the molecule is Cc1cccc(P2N(c3ccccc3)C[C@@H]3CCCN32)c1O. The van der Waals surface area contributed by atoms with Crippen molar-refractivity contribution in [2.75, 3.05) is 17.8 Å². The summed E-state index contributed by atoms with van der Waals surface area (Å²) in [6.07, 6.45) is 2.55. The lowest BCUT2D eigenvalue weighted by molar-refractivity contribution is 0.463. The van der Waals surface area contributed by atoms with Gasteiger partial charge in [-0.25, -0.2) is 0 Å². The van der Waals surface area contributed by atoms with Gasteiger partial charge in [-0.1, -0.05) is 30.3 Å². The number of aromatic hydroxyl groups is 1. The highest BCUT2D eigenvalue weighted by Crippen LogP contribution is 2.56. The molecule has 22 heavy (non-hydrogen) atoms. The maximum atomic E-state index is 10.6. The van der Waals surface area contributed by atoms with E-state index in [9.17, 15) is 5.11 Å². The van der Waals surface area contributed by atoms with Gasteiger partial charge in [-0.3, -0.25) is 4.67 Å². The fraction of sp³-hybridized carbons (Fsp3) is 0.333. The van der Waals surface area contributed by atoms with E-state index in [4.69, 9.17) is 0 Å². The van der Waals surface area contributed by atoms with E-state index < -0.39 is 8.22 Å². The lowest BCUT2D eigenvalue weighted by Gasteiger charge is -2.31. The van der Waals surface area contributed by atoms with Gasteiger partial charge < -0.3 is 9.78 Å². The van der Waals surface area contributed by atoms with Gasteiger partial charge in [0.05, 0.1) is 5.30 Å². The Morgan fingerprint density at radius 2 is 1.91 bits per heavy atom. The van der Waals surface area contributed by atoms with Crippen LogP contribution in [0.15, 0.2) is 48.5 Å². The van der Waals surface area contributed by atoms with Crippen LogP contribution in [0.4, 0.5) is 5.69 Å². The zero-order valence-corrected chi connectivity index (χ0v) is 13.7. The highest BCUT2D eigenvalue weighted by Gasteiger charge is 2.44. The van der Waals surface area contributed by atoms with Gasteiger partial charge in [-0.2, -0.15) is 0 Å². The topological polar surface area (TPSA) is 26.7 Å². The van der Waals surface area contributed by atoms with E-state index in [1.807, 2.05) is 13.0 Å². The first-order valence-electron chi connectivity index (χ1n) is 7.93. The molecule has 2 heterocycles. The zero-order valence-electron chi connectivity index (χ0n) is 12.8. The molecule has 1 N–H and O–H groups in total. The van der Waals surface area contributed by atoms with Crippen LogP contribution in [-0.4, -0.2) is 28.9 Å². The molecular weight excluding hydrogens is 291 g/mol. The van der Waals surface area contributed by atoms with Crippen LogP contribution in [-0.2, 0) is 0 Å². The number of anilines is 1. The van der Waals surface area contributed by atoms with E-state index in [-0.39, 0.29) is 0 Å². The maximum Gasteiger partial charge on any atom is 0.129 e. The van der Waals surface area contributed by atoms with Gasteiger partial charge in [0.1, 0.15) is 14.0 Å². The highest BCUT2D eigenvalue weighted by molar-refractivity contribution is 7.65. The average molecular weight is 312 g/mol. The van der Waals surface area contributed by atoms with Gasteiger partial charge in [0.2, 0.25) is 0 Å². The summed E-state index contributed by atoms with van der Waals surface area (Å²) >= 11 is 0. The molecule has 4 heteroatoms. The molecule has 2 saturated heterocycles. The minimum atomic E-state index is -0.641. The summed E-state index contributed by atoms with van der Waals surface area (Å²) in [7, 11) is -0.641. The van der Waals surface area contributed by atoms with E-state index in [1.165, 1.54) is 18.5 Å². The molecule has 0 amide bonds. The van der Waals surface area contributed by atoms with Gasteiger partial charge in [-0.15, -0.1) is 0 Å². The van der Waals surface area contributed by atoms with Gasteiger partial charge in [0.15, 0.2) is 0 Å². The summed E-state index contributed by atoms with van der Waals surface area (Å²) in [6, 6.07) is 17.4. The molecule has 2 aromatic rings. The molecule has 2 aromatic carbocycles. The van der Waals surface area contributed by atoms with Crippen molar-refractivity contribution in [3.8, 4) is 5.75 Å². The Balaban J connectivity index is 1.80. The van der Waals surface area contributed by atoms with E-state index in [0.29, 0.717) is 11.8 Å². The van der Waals surface area contributed by atoms with Crippen LogP contribution in [0.1, 0.15) is 18.4 Å². The number of fused-ring (bicyclic) bond motifs is 1. The molecule has 3 nitrogen and oxygen atoms in total. The fourth-order valence-electron chi connectivity index (χ4n) is 3.56. The first kappa shape index (κ1) is 14.0. The summed E-state index contributed by atoms with van der Waals surface area (Å²) < 4.78 is 5.13. The number of para-hydroxylation sites is 2. The molecule has 0 spiro atoms. The number of benzene rings is 2. The number of hydrogen-bond donors (Lipinski definition) is 1. The molecule has 114 valence electrons. The standard InChI is InChI=1S/C18H21N2OP/c1-14-7-5-11-17(18(14)21)22-19-12-6-10-16(19)13-20(22)15-8-3-2-4-9-15/h2-5,7-9,11,16,21H,6,10,12-13H2,1H3/t16-,22?/m0/s1. The number of aryl methyl sites for hydroxylation is 1. The van der Waals surface area contributed by atoms with E-state index >= 15 is 0 Å².